The third-order valence-corrected chi connectivity index (χ3v) is 8.14. The molecule has 5 nitrogen and oxygen atoms in total. The molecule has 38 heavy (non-hydrogen) atoms. The Balaban J connectivity index is 1.59. The summed E-state index contributed by atoms with van der Waals surface area (Å²) >= 11 is 0. The first kappa shape index (κ1) is 27.8. The molecule has 4 rings (SSSR count). The number of phenolic OH excluding ortho intramolecular Hbond substituents is 1. The van der Waals surface area contributed by atoms with E-state index >= 15 is 0 Å². The number of ether oxygens (including phenoxy) is 2. The first-order valence-corrected chi connectivity index (χ1v) is 13.9. The molecule has 3 aromatic carbocycles. The lowest BCUT2D eigenvalue weighted by atomic mass is 9.79. The SMILES string of the molecule is CCN(Cc1ccc(CCN(C)C(C)C)cc1)c1cc(OC)c(OC)cc1C1CCc2cc(O)ccc2C1. The second-order valence-electron chi connectivity index (χ2n) is 10.8. The summed E-state index contributed by atoms with van der Waals surface area (Å²) < 4.78 is 11.5. The molecule has 0 aliphatic heterocycles. The molecule has 1 aliphatic carbocycles. The average Bonchev–Trinajstić information content (AvgIpc) is 2.94. The number of hydrogen-bond donors (Lipinski definition) is 1. The molecule has 0 fully saturated rings. The van der Waals surface area contributed by atoms with E-state index in [4.69, 9.17) is 9.47 Å². The van der Waals surface area contributed by atoms with Crippen molar-refractivity contribution in [1.29, 1.82) is 0 Å². The maximum Gasteiger partial charge on any atom is 0.162 e. The topological polar surface area (TPSA) is 45.2 Å². The van der Waals surface area contributed by atoms with Crippen LogP contribution in [-0.2, 0) is 25.8 Å². The summed E-state index contributed by atoms with van der Waals surface area (Å²) in [5.41, 5.74) is 7.77. The largest absolute Gasteiger partial charge is 0.508 e. The highest BCUT2D eigenvalue weighted by Gasteiger charge is 2.26. The van der Waals surface area contributed by atoms with E-state index in [1.54, 1.807) is 20.3 Å². The van der Waals surface area contributed by atoms with Crippen molar-refractivity contribution in [2.24, 2.45) is 0 Å². The molecular formula is C33H44N2O3. The van der Waals surface area contributed by atoms with E-state index in [2.05, 4.69) is 80.1 Å². The quantitative estimate of drug-likeness (QED) is 0.311. The lowest BCUT2D eigenvalue weighted by molar-refractivity contribution is 0.277. The number of hydrogen-bond acceptors (Lipinski definition) is 5. The van der Waals surface area contributed by atoms with Gasteiger partial charge in [-0.05, 0) is 105 Å². The number of aromatic hydroxyl groups is 1. The van der Waals surface area contributed by atoms with Crippen LogP contribution in [0.5, 0.6) is 17.2 Å². The zero-order valence-corrected chi connectivity index (χ0v) is 24.0. The van der Waals surface area contributed by atoms with Crippen LogP contribution in [0.3, 0.4) is 0 Å². The van der Waals surface area contributed by atoms with Gasteiger partial charge in [0.25, 0.3) is 0 Å². The highest BCUT2D eigenvalue weighted by Crippen LogP contribution is 2.43. The molecule has 1 N–H and O–H groups in total. The van der Waals surface area contributed by atoms with Gasteiger partial charge in [0.05, 0.1) is 14.2 Å². The number of aryl methyl sites for hydroxylation is 1. The van der Waals surface area contributed by atoms with E-state index in [-0.39, 0.29) is 0 Å². The second kappa shape index (κ2) is 12.6. The Hall–Kier alpha value is -3.18. The van der Waals surface area contributed by atoms with E-state index < -0.39 is 0 Å². The number of methoxy groups -OCH3 is 2. The number of rotatable bonds is 11. The molecule has 3 aromatic rings. The van der Waals surface area contributed by atoms with Gasteiger partial charge >= 0.3 is 0 Å². The fourth-order valence-electron chi connectivity index (χ4n) is 5.45. The third kappa shape index (κ3) is 6.44. The molecule has 204 valence electrons. The summed E-state index contributed by atoms with van der Waals surface area (Å²) in [6.45, 7) is 9.49. The van der Waals surface area contributed by atoms with Gasteiger partial charge < -0.3 is 24.4 Å². The molecule has 0 radical (unpaired) electrons. The van der Waals surface area contributed by atoms with E-state index in [0.717, 1.165) is 56.8 Å². The van der Waals surface area contributed by atoms with Crippen LogP contribution < -0.4 is 14.4 Å². The van der Waals surface area contributed by atoms with Crippen LogP contribution in [0, 0.1) is 0 Å². The maximum atomic E-state index is 9.94. The molecule has 0 heterocycles. The minimum absolute atomic E-state index is 0.351. The highest BCUT2D eigenvalue weighted by molar-refractivity contribution is 5.64. The Morgan fingerprint density at radius 2 is 1.61 bits per heavy atom. The Kier molecular flexibility index (Phi) is 9.22. The first-order valence-electron chi connectivity index (χ1n) is 13.9. The number of anilines is 1. The Morgan fingerprint density at radius 1 is 0.921 bits per heavy atom. The zero-order chi connectivity index (χ0) is 27.2. The molecular weight excluding hydrogens is 472 g/mol. The second-order valence-corrected chi connectivity index (χ2v) is 10.8. The van der Waals surface area contributed by atoms with Crippen molar-refractivity contribution in [3.8, 4) is 17.2 Å². The van der Waals surface area contributed by atoms with Crippen molar-refractivity contribution >= 4 is 5.69 Å². The van der Waals surface area contributed by atoms with Gasteiger partial charge in [-0.2, -0.15) is 0 Å². The summed E-state index contributed by atoms with van der Waals surface area (Å²) in [6.07, 6.45) is 4.01. The summed E-state index contributed by atoms with van der Waals surface area (Å²) in [7, 11) is 5.60. The van der Waals surface area contributed by atoms with Crippen LogP contribution in [0.15, 0.2) is 54.6 Å². The highest BCUT2D eigenvalue weighted by atomic mass is 16.5. The number of nitrogens with zero attached hydrogens (tertiary/aromatic N) is 2. The predicted molar refractivity (Wildman–Crippen MR) is 157 cm³/mol. The minimum Gasteiger partial charge on any atom is -0.508 e. The molecule has 5 heteroatoms. The van der Waals surface area contributed by atoms with Crippen LogP contribution in [0.25, 0.3) is 0 Å². The van der Waals surface area contributed by atoms with Crippen molar-refractivity contribution in [1.82, 2.24) is 4.90 Å². The number of benzene rings is 3. The molecule has 1 atom stereocenters. The van der Waals surface area contributed by atoms with E-state index in [1.807, 2.05) is 6.07 Å². The molecule has 0 amide bonds. The van der Waals surface area contributed by atoms with Crippen molar-refractivity contribution in [3.63, 3.8) is 0 Å². The van der Waals surface area contributed by atoms with Crippen LogP contribution in [0.4, 0.5) is 5.69 Å². The fraction of sp³-hybridized carbons (Fsp3) is 0.455. The summed E-state index contributed by atoms with van der Waals surface area (Å²) in [4.78, 5) is 4.84. The molecule has 0 saturated carbocycles. The van der Waals surface area contributed by atoms with Crippen molar-refractivity contribution in [2.75, 3.05) is 39.3 Å². The summed E-state index contributed by atoms with van der Waals surface area (Å²) in [6, 6.07) is 19.8. The molecule has 0 aromatic heterocycles. The van der Waals surface area contributed by atoms with E-state index in [1.165, 1.54) is 33.5 Å². The van der Waals surface area contributed by atoms with Crippen LogP contribution >= 0.6 is 0 Å². The van der Waals surface area contributed by atoms with Crippen LogP contribution in [0.1, 0.15) is 60.9 Å². The average molecular weight is 517 g/mol. The van der Waals surface area contributed by atoms with Gasteiger partial charge in [0.2, 0.25) is 0 Å². The molecule has 0 bridgehead atoms. The summed E-state index contributed by atoms with van der Waals surface area (Å²) in [5.74, 6) is 2.25. The Bertz CT molecular complexity index is 1210. The van der Waals surface area contributed by atoms with Crippen molar-refractivity contribution in [3.05, 3.63) is 82.4 Å². The van der Waals surface area contributed by atoms with E-state index in [9.17, 15) is 5.11 Å². The number of fused-ring (bicyclic) bond motifs is 1. The molecule has 0 saturated heterocycles. The Morgan fingerprint density at radius 3 is 2.26 bits per heavy atom. The standard InChI is InChI=1S/C33H44N2O3/c1-7-35(22-25-10-8-24(9-11-25)16-17-34(4)23(2)3)31-21-33(38-6)32(37-5)20-30(31)28-13-12-27-19-29(36)15-14-26(27)18-28/h8-11,14-15,19-21,23,28,36H,7,12-13,16-18,22H2,1-6H3. The molecule has 1 unspecified atom stereocenters. The fourth-order valence-corrected chi connectivity index (χ4v) is 5.45. The lowest BCUT2D eigenvalue weighted by Gasteiger charge is -2.32. The van der Waals surface area contributed by atoms with Crippen molar-refractivity contribution in [2.45, 2.75) is 65.0 Å². The number of likely N-dealkylation sites (N-methyl/N-ethyl adjacent to an activating group) is 1. The van der Waals surface area contributed by atoms with E-state index in [0.29, 0.717) is 17.7 Å². The molecule has 1 aliphatic rings. The van der Waals surface area contributed by atoms with Gasteiger partial charge in [-0.25, -0.2) is 0 Å². The monoisotopic (exact) mass is 516 g/mol. The first-order chi connectivity index (χ1) is 18.3. The van der Waals surface area contributed by atoms with Crippen LogP contribution in [-0.4, -0.2) is 50.4 Å². The van der Waals surface area contributed by atoms with Gasteiger partial charge in [-0.3, -0.25) is 0 Å². The van der Waals surface area contributed by atoms with Gasteiger partial charge in [0, 0.05) is 37.4 Å². The lowest BCUT2D eigenvalue weighted by Crippen LogP contribution is -2.28. The predicted octanol–water partition coefficient (Wildman–Crippen LogP) is 6.59. The van der Waals surface area contributed by atoms with Crippen LogP contribution in [0.2, 0.25) is 0 Å². The normalized spacial score (nSPS) is 15.0. The van der Waals surface area contributed by atoms with Gasteiger partial charge in [-0.1, -0.05) is 30.3 Å². The van der Waals surface area contributed by atoms with Gasteiger partial charge in [-0.15, -0.1) is 0 Å². The zero-order valence-electron chi connectivity index (χ0n) is 24.0. The maximum absolute atomic E-state index is 9.94. The van der Waals surface area contributed by atoms with Crippen molar-refractivity contribution < 1.29 is 14.6 Å². The minimum atomic E-state index is 0.351. The third-order valence-electron chi connectivity index (χ3n) is 8.14. The van der Waals surface area contributed by atoms with Gasteiger partial charge in [0.1, 0.15) is 5.75 Å². The number of phenols is 1. The molecule has 0 spiro atoms. The smallest absolute Gasteiger partial charge is 0.162 e. The summed E-state index contributed by atoms with van der Waals surface area (Å²) in [5, 5.41) is 9.94. The van der Waals surface area contributed by atoms with Gasteiger partial charge in [0.15, 0.2) is 11.5 Å². The Labute approximate surface area is 229 Å².